The molecule has 5 nitrogen and oxygen atoms in total. The smallest absolute Gasteiger partial charge is 0.235 e. The van der Waals surface area contributed by atoms with Gasteiger partial charge in [-0.15, -0.1) is 0 Å². The average molecular weight is 239 g/mol. The molecule has 0 aliphatic carbocycles. The van der Waals surface area contributed by atoms with E-state index in [0.717, 1.165) is 13.1 Å². The van der Waals surface area contributed by atoms with Crippen LogP contribution in [-0.2, 0) is 9.53 Å². The van der Waals surface area contributed by atoms with Crippen molar-refractivity contribution in [3.63, 3.8) is 0 Å². The highest BCUT2D eigenvalue weighted by atomic mass is 16.5. The lowest BCUT2D eigenvalue weighted by Crippen LogP contribution is -2.52. The van der Waals surface area contributed by atoms with Crippen molar-refractivity contribution in [2.75, 3.05) is 32.8 Å². The van der Waals surface area contributed by atoms with E-state index in [1.165, 1.54) is 0 Å². The zero-order valence-corrected chi connectivity index (χ0v) is 10.8. The highest BCUT2D eigenvalue weighted by molar-refractivity contribution is 5.79. The Bertz CT molecular complexity index is 305. The Morgan fingerprint density at radius 1 is 1.53 bits per heavy atom. The summed E-state index contributed by atoms with van der Waals surface area (Å²) in [4.78, 5) is 13.9. The minimum atomic E-state index is -0.788. The molecule has 17 heavy (non-hydrogen) atoms. The van der Waals surface area contributed by atoms with Crippen molar-refractivity contribution in [1.82, 2.24) is 10.2 Å². The monoisotopic (exact) mass is 239 g/mol. The Morgan fingerprint density at radius 2 is 2.12 bits per heavy atom. The highest BCUT2D eigenvalue weighted by Crippen LogP contribution is 2.14. The molecule has 0 saturated carbocycles. The number of nitrogens with one attached hydrogen (secondary N) is 1. The number of rotatable bonds is 4. The van der Waals surface area contributed by atoms with Gasteiger partial charge in [0.2, 0.25) is 5.91 Å². The van der Waals surface area contributed by atoms with Crippen molar-refractivity contribution < 1.29 is 9.53 Å². The van der Waals surface area contributed by atoms with Crippen LogP contribution in [0.2, 0.25) is 0 Å². The molecule has 1 unspecified atom stereocenters. The maximum Gasteiger partial charge on any atom is 0.235 e. The molecule has 1 atom stereocenters. The van der Waals surface area contributed by atoms with Crippen molar-refractivity contribution >= 4 is 5.91 Å². The fourth-order valence-corrected chi connectivity index (χ4v) is 1.59. The Balaban J connectivity index is 2.45. The molecule has 0 bridgehead atoms. The number of carbonyl (C=O) groups is 1. The van der Waals surface area contributed by atoms with Crippen molar-refractivity contribution in [3.8, 4) is 6.07 Å². The molecule has 1 heterocycles. The summed E-state index contributed by atoms with van der Waals surface area (Å²) in [6, 6.07) is 2.17. The Kier molecular flexibility index (Phi) is 4.91. The Labute approximate surface area is 103 Å². The fourth-order valence-electron chi connectivity index (χ4n) is 1.59. The number of hydrogen-bond donors (Lipinski definition) is 1. The van der Waals surface area contributed by atoms with Gasteiger partial charge in [0.25, 0.3) is 0 Å². The van der Waals surface area contributed by atoms with E-state index in [9.17, 15) is 4.79 Å². The first-order chi connectivity index (χ1) is 7.98. The molecule has 0 aromatic carbocycles. The first-order valence-electron chi connectivity index (χ1n) is 6.00. The Hall–Kier alpha value is -1.12. The number of nitrogens with zero attached hydrogens (tertiary/aromatic N) is 2. The summed E-state index contributed by atoms with van der Waals surface area (Å²) in [5.41, 5.74) is -0.788. The molecular weight excluding hydrogens is 218 g/mol. The third-order valence-corrected chi connectivity index (χ3v) is 3.26. The van der Waals surface area contributed by atoms with Crippen LogP contribution in [-0.4, -0.2) is 49.2 Å². The van der Waals surface area contributed by atoms with E-state index in [4.69, 9.17) is 10.00 Å². The van der Waals surface area contributed by atoms with E-state index in [0.29, 0.717) is 19.8 Å². The van der Waals surface area contributed by atoms with Crippen molar-refractivity contribution in [2.45, 2.75) is 26.3 Å². The van der Waals surface area contributed by atoms with E-state index < -0.39 is 5.54 Å². The minimum Gasteiger partial charge on any atom is -0.379 e. The number of hydrogen-bond acceptors (Lipinski definition) is 4. The fraction of sp³-hybridized carbons (Fsp3) is 0.833. The second kappa shape index (κ2) is 5.99. The van der Waals surface area contributed by atoms with Gasteiger partial charge in [-0.25, -0.2) is 0 Å². The van der Waals surface area contributed by atoms with E-state index in [-0.39, 0.29) is 11.8 Å². The standard InChI is InChI=1S/C12H21N3O2/c1-10(2)12(3,9-13)14-11(16)8-15-4-6-17-7-5-15/h10H,4-8H2,1-3H3,(H,14,16). The largest absolute Gasteiger partial charge is 0.379 e. The molecule has 96 valence electrons. The van der Waals surface area contributed by atoms with Crippen LogP contribution < -0.4 is 5.32 Å². The summed E-state index contributed by atoms with van der Waals surface area (Å²) in [7, 11) is 0. The van der Waals surface area contributed by atoms with E-state index >= 15 is 0 Å². The highest BCUT2D eigenvalue weighted by Gasteiger charge is 2.30. The van der Waals surface area contributed by atoms with E-state index in [1.807, 2.05) is 18.7 Å². The summed E-state index contributed by atoms with van der Waals surface area (Å²) in [5.74, 6) is -0.00853. The molecule has 1 N–H and O–H groups in total. The van der Waals surface area contributed by atoms with Crippen LogP contribution >= 0.6 is 0 Å². The zero-order chi connectivity index (χ0) is 12.9. The molecule has 1 rings (SSSR count). The summed E-state index contributed by atoms with van der Waals surface area (Å²) >= 11 is 0. The van der Waals surface area contributed by atoms with E-state index in [2.05, 4.69) is 11.4 Å². The number of amides is 1. The van der Waals surface area contributed by atoms with Crippen molar-refractivity contribution in [2.24, 2.45) is 5.92 Å². The molecule has 0 spiro atoms. The van der Waals surface area contributed by atoms with Gasteiger partial charge < -0.3 is 10.1 Å². The van der Waals surface area contributed by atoms with Crippen molar-refractivity contribution in [1.29, 1.82) is 5.26 Å². The predicted octanol–water partition coefficient (Wildman–Crippen LogP) is 0.373. The van der Waals surface area contributed by atoms with Gasteiger partial charge in [0, 0.05) is 13.1 Å². The van der Waals surface area contributed by atoms with Gasteiger partial charge in [-0.05, 0) is 12.8 Å². The maximum atomic E-state index is 11.8. The first kappa shape index (κ1) is 13.9. The topological polar surface area (TPSA) is 65.4 Å². The lowest BCUT2D eigenvalue weighted by atomic mass is 9.90. The van der Waals surface area contributed by atoms with Gasteiger partial charge >= 0.3 is 0 Å². The zero-order valence-electron chi connectivity index (χ0n) is 10.8. The normalized spacial score (nSPS) is 20.6. The summed E-state index contributed by atoms with van der Waals surface area (Å²) in [5, 5.41) is 11.9. The third-order valence-electron chi connectivity index (χ3n) is 3.26. The first-order valence-corrected chi connectivity index (χ1v) is 6.00. The van der Waals surface area contributed by atoms with Crippen molar-refractivity contribution in [3.05, 3.63) is 0 Å². The van der Waals surface area contributed by atoms with Gasteiger partial charge in [-0.3, -0.25) is 9.69 Å². The van der Waals surface area contributed by atoms with Crippen LogP contribution in [0.15, 0.2) is 0 Å². The van der Waals surface area contributed by atoms with Gasteiger partial charge in [0.05, 0.1) is 25.8 Å². The summed E-state index contributed by atoms with van der Waals surface area (Å²) in [6.45, 7) is 8.86. The van der Waals surface area contributed by atoms with Gasteiger partial charge in [0.15, 0.2) is 0 Å². The number of ether oxygens (including phenoxy) is 1. The summed E-state index contributed by atoms with van der Waals surface area (Å²) in [6.07, 6.45) is 0. The van der Waals surface area contributed by atoms with Gasteiger partial charge in [0.1, 0.15) is 5.54 Å². The van der Waals surface area contributed by atoms with Crippen LogP contribution in [0, 0.1) is 17.2 Å². The summed E-state index contributed by atoms with van der Waals surface area (Å²) < 4.78 is 5.22. The second-order valence-electron chi connectivity index (χ2n) is 4.91. The SMILES string of the molecule is CC(C)C(C)(C#N)NC(=O)CN1CCOCC1. The van der Waals surface area contributed by atoms with Crippen LogP contribution in [0.3, 0.4) is 0 Å². The minimum absolute atomic E-state index is 0.0844. The van der Waals surface area contributed by atoms with Crippen LogP contribution in [0.4, 0.5) is 0 Å². The van der Waals surface area contributed by atoms with Crippen LogP contribution in [0.25, 0.3) is 0 Å². The molecule has 0 radical (unpaired) electrons. The van der Waals surface area contributed by atoms with Crippen LogP contribution in [0.1, 0.15) is 20.8 Å². The number of morpholine rings is 1. The number of carbonyl (C=O) groups excluding carboxylic acids is 1. The van der Waals surface area contributed by atoms with Gasteiger partial charge in [-0.1, -0.05) is 13.8 Å². The molecule has 1 fully saturated rings. The number of nitriles is 1. The molecule has 0 aromatic rings. The molecule has 5 heteroatoms. The predicted molar refractivity (Wildman–Crippen MR) is 64.3 cm³/mol. The lowest BCUT2D eigenvalue weighted by molar-refractivity contribution is -0.124. The van der Waals surface area contributed by atoms with Gasteiger partial charge in [-0.2, -0.15) is 5.26 Å². The molecular formula is C12H21N3O2. The maximum absolute atomic E-state index is 11.8. The Morgan fingerprint density at radius 3 is 2.59 bits per heavy atom. The molecule has 1 amide bonds. The van der Waals surface area contributed by atoms with E-state index in [1.54, 1.807) is 6.92 Å². The third kappa shape index (κ3) is 3.99. The lowest BCUT2D eigenvalue weighted by Gasteiger charge is -2.30. The molecule has 1 aliphatic rings. The molecule has 1 saturated heterocycles. The quantitative estimate of drug-likeness (QED) is 0.770. The average Bonchev–Trinajstić information content (AvgIpc) is 2.29. The molecule has 0 aromatic heterocycles. The second-order valence-corrected chi connectivity index (χ2v) is 4.91. The molecule has 1 aliphatic heterocycles. The van der Waals surface area contributed by atoms with Crippen LogP contribution in [0.5, 0.6) is 0 Å².